The first-order valence-corrected chi connectivity index (χ1v) is 20.0. The predicted octanol–water partition coefficient (Wildman–Crippen LogP) is 12.7. The minimum Gasteiger partial charge on any atom is -0.366 e. The molecular weight excluding hydrogens is 552 g/mol. The summed E-state index contributed by atoms with van der Waals surface area (Å²) in [7, 11) is 0. The van der Waals surface area contributed by atoms with Gasteiger partial charge >= 0.3 is 0 Å². The second kappa shape index (κ2) is 38.6. The van der Waals surface area contributed by atoms with Gasteiger partial charge in [-0.05, 0) is 37.8 Å². The maximum absolute atomic E-state index is 10.6. The van der Waals surface area contributed by atoms with Crippen molar-refractivity contribution in [3.63, 3.8) is 0 Å². The van der Waals surface area contributed by atoms with Gasteiger partial charge in [-0.2, -0.15) is 0 Å². The molecule has 4 N–H and O–H groups in total. The van der Waals surface area contributed by atoms with Crippen molar-refractivity contribution >= 4 is 11.8 Å². The quantitative estimate of drug-likeness (QED) is 0.0525. The van der Waals surface area contributed by atoms with E-state index in [1.165, 1.54) is 224 Å². The Morgan fingerprint density at radius 1 is 0.267 bits per heavy atom. The van der Waals surface area contributed by atoms with Crippen molar-refractivity contribution in [2.24, 2.45) is 11.5 Å². The molecule has 0 heterocycles. The molecule has 0 fully saturated rings. The third-order valence-corrected chi connectivity index (χ3v) is 9.31. The molecule has 0 spiro atoms. The zero-order chi connectivity index (χ0) is 32.7. The van der Waals surface area contributed by atoms with Gasteiger partial charge in [0.25, 0.3) is 0 Å². The van der Waals surface area contributed by atoms with Gasteiger partial charge in [0.2, 0.25) is 11.8 Å². The number of allylic oxidation sites excluding steroid dienone is 2. The molecule has 4 heteroatoms. The molecule has 0 saturated heterocycles. The van der Waals surface area contributed by atoms with Crippen LogP contribution in [-0.4, -0.2) is 11.8 Å². The fourth-order valence-electron chi connectivity index (χ4n) is 6.40. The van der Waals surface area contributed by atoms with Crippen molar-refractivity contribution < 1.29 is 9.59 Å². The van der Waals surface area contributed by atoms with Crippen LogP contribution in [0.4, 0.5) is 0 Å². The lowest BCUT2D eigenvalue weighted by Gasteiger charge is -2.05. The summed E-state index contributed by atoms with van der Waals surface area (Å²) in [5.74, 6) is -0.664. The van der Waals surface area contributed by atoms with Crippen LogP contribution in [0.3, 0.4) is 0 Å². The molecule has 0 aliphatic heterocycles. The average Bonchev–Trinajstić information content (AvgIpc) is 3.02. The topological polar surface area (TPSA) is 86.2 Å². The van der Waals surface area contributed by atoms with Crippen molar-refractivity contribution in [1.82, 2.24) is 0 Å². The lowest BCUT2D eigenvalue weighted by atomic mass is 10.0. The molecule has 0 atom stereocenters. The first kappa shape index (κ1) is 43.4. The van der Waals surface area contributed by atoms with Crippen molar-refractivity contribution in [3.05, 3.63) is 24.3 Å². The van der Waals surface area contributed by atoms with Gasteiger partial charge in [0, 0.05) is 0 Å². The molecule has 0 radical (unpaired) electrons. The number of carbonyl (C=O) groups is 2. The molecule has 0 unspecified atom stereocenters. The first-order chi connectivity index (χ1) is 22.1. The van der Waals surface area contributed by atoms with Crippen LogP contribution in [0, 0.1) is 0 Å². The van der Waals surface area contributed by atoms with Gasteiger partial charge in [-0.25, -0.2) is 0 Å². The standard InChI is InChI=1S/C41H78N2O2/c42-40(44)38-36-34-32-30-28-26-24-22-20-18-16-14-12-10-8-6-4-2-1-3-5-7-9-11-13-15-17-19-21-23-25-27-29-31-33-35-37-39-41(43)45/h36-39H,1-35H2,(H2,42,44)(H2,43,45). The number of hydrogen-bond donors (Lipinski definition) is 2. The largest absolute Gasteiger partial charge is 0.366 e. The number of rotatable bonds is 38. The molecule has 0 aromatic carbocycles. The lowest BCUT2D eigenvalue weighted by Crippen LogP contribution is -2.05. The van der Waals surface area contributed by atoms with Gasteiger partial charge in [0.1, 0.15) is 0 Å². The summed E-state index contributed by atoms with van der Waals surface area (Å²) in [6.45, 7) is 0. The summed E-state index contributed by atoms with van der Waals surface area (Å²) in [6.07, 6.45) is 55.1. The summed E-state index contributed by atoms with van der Waals surface area (Å²) in [4.78, 5) is 21.2. The minimum absolute atomic E-state index is 0.332. The van der Waals surface area contributed by atoms with Crippen molar-refractivity contribution in [2.45, 2.75) is 225 Å². The van der Waals surface area contributed by atoms with E-state index < -0.39 is 0 Å². The van der Waals surface area contributed by atoms with Gasteiger partial charge in [-0.15, -0.1) is 0 Å². The summed E-state index contributed by atoms with van der Waals surface area (Å²) in [5.41, 5.74) is 10.2. The summed E-state index contributed by atoms with van der Waals surface area (Å²) >= 11 is 0. The molecule has 0 aliphatic rings. The summed E-state index contributed by atoms with van der Waals surface area (Å²) < 4.78 is 0. The van der Waals surface area contributed by atoms with E-state index in [2.05, 4.69) is 0 Å². The van der Waals surface area contributed by atoms with Crippen molar-refractivity contribution in [2.75, 3.05) is 0 Å². The third kappa shape index (κ3) is 42.4. The van der Waals surface area contributed by atoms with E-state index in [0.717, 1.165) is 12.8 Å². The smallest absolute Gasteiger partial charge is 0.241 e. The highest BCUT2D eigenvalue weighted by Crippen LogP contribution is 2.17. The Hall–Kier alpha value is -1.58. The predicted molar refractivity (Wildman–Crippen MR) is 198 cm³/mol. The van der Waals surface area contributed by atoms with Gasteiger partial charge in [-0.1, -0.05) is 211 Å². The zero-order valence-electron chi connectivity index (χ0n) is 30.0. The second-order valence-electron chi connectivity index (χ2n) is 13.9. The molecule has 4 nitrogen and oxygen atoms in total. The van der Waals surface area contributed by atoms with Crippen LogP contribution >= 0.6 is 0 Å². The SMILES string of the molecule is NC(=O)C=CCCCCCCCCCCCCCCCCCCCCCCCCCCCCCCCCCCCC=CC(N)=O. The van der Waals surface area contributed by atoms with Crippen molar-refractivity contribution in [1.29, 1.82) is 0 Å². The van der Waals surface area contributed by atoms with Gasteiger partial charge in [-0.3, -0.25) is 9.59 Å². The highest BCUT2D eigenvalue weighted by molar-refractivity contribution is 5.85. The minimum atomic E-state index is -0.332. The monoisotopic (exact) mass is 631 g/mol. The van der Waals surface area contributed by atoms with Crippen LogP contribution in [0.1, 0.15) is 225 Å². The van der Waals surface area contributed by atoms with E-state index in [9.17, 15) is 9.59 Å². The molecule has 0 aliphatic carbocycles. The molecule has 264 valence electrons. The van der Waals surface area contributed by atoms with Crippen LogP contribution in [0.15, 0.2) is 24.3 Å². The fourth-order valence-corrected chi connectivity index (χ4v) is 6.40. The van der Waals surface area contributed by atoms with E-state index in [-0.39, 0.29) is 11.8 Å². The Bertz CT molecular complexity index is 616. The molecule has 0 rings (SSSR count). The Morgan fingerprint density at radius 2 is 0.400 bits per heavy atom. The number of carbonyl (C=O) groups excluding carboxylic acids is 2. The Morgan fingerprint density at radius 3 is 0.533 bits per heavy atom. The maximum Gasteiger partial charge on any atom is 0.241 e. The Labute approximate surface area is 281 Å². The molecule has 0 saturated carbocycles. The molecule has 0 bridgehead atoms. The van der Waals surface area contributed by atoms with Crippen LogP contribution in [0.5, 0.6) is 0 Å². The number of unbranched alkanes of at least 4 members (excludes halogenated alkanes) is 34. The van der Waals surface area contributed by atoms with E-state index in [4.69, 9.17) is 11.5 Å². The number of nitrogens with two attached hydrogens (primary N) is 2. The first-order valence-electron chi connectivity index (χ1n) is 20.0. The van der Waals surface area contributed by atoms with Gasteiger partial charge < -0.3 is 11.5 Å². The van der Waals surface area contributed by atoms with Crippen LogP contribution in [0.25, 0.3) is 0 Å². The molecule has 2 amide bonds. The lowest BCUT2D eigenvalue weighted by molar-refractivity contribution is -0.114. The molecule has 0 aromatic rings. The van der Waals surface area contributed by atoms with Crippen LogP contribution in [0.2, 0.25) is 0 Å². The van der Waals surface area contributed by atoms with Gasteiger partial charge in [0.15, 0.2) is 0 Å². The van der Waals surface area contributed by atoms with Crippen molar-refractivity contribution in [3.8, 4) is 0 Å². The summed E-state index contributed by atoms with van der Waals surface area (Å²) in [6, 6.07) is 0. The second-order valence-corrected chi connectivity index (χ2v) is 13.9. The molecular formula is C41H78N2O2. The molecule has 0 aromatic heterocycles. The number of primary amides is 2. The number of hydrogen-bond acceptors (Lipinski definition) is 2. The number of amides is 2. The third-order valence-electron chi connectivity index (χ3n) is 9.31. The normalized spacial score (nSPS) is 11.7. The van der Waals surface area contributed by atoms with E-state index in [0.29, 0.717) is 0 Å². The Balaban J connectivity index is 3.08. The molecule has 45 heavy (non-hydrogen) atoms. The van der Waals surface area contributed by atoms with Crippen LogP contribution in [-0.2, 0) is 9.59 Å². The van der Waals surface area contributed by atoms with Gasteiger partial charge in [0.05, 0.1) is 0 Å². The Kier molecular flexibility index (Phi) is 37.2. The fraction of sp³-hybridized carbons (Fsp3) is 0.854. The van der Waals surface area contributed by atoms with Crippen LogP contribution < -0.4 is 11.5 Å². The van der Waals surface area contributed by atoms with E-state index >= 15 is 0 Å². The zero-order valence-corrected chi connectivity index (χ0v) is 30.0. The highest BCUT2D eigenvalue weighted by atomic mass is 16.1. The maximum atomic E-state index is 10.6. The highest BCUT2D eigenvalue weighted by Gasteiger charge is 1.97. The summed E-state index contributed by atoms with van der Waals surface area (Å²) in [5, 5.41) is 0. The average molecular weight is 631 g/mol. The van der Waals surface area contributed by atoms with E-state index in [1.807, 2.05) is 12.2 Å². The van der Waals surface area contributed by atoms with E-state index in [1.54, 1.807) is 0 Å².